The number of halogens is 1. The van der Waals surface area contributed by atoms with Crippen molar-refractivity contribution >= 4 is 46.6 Å². The molecular weight excluding hydrogens is 524 g/mol. The van der Waals surface area contributed by atoms with E-state index in [9.17, 15) is 24.8 Å². The van der Waals surface area contributed by atoms with Crippen LogP contribution in [0.4, 0.5) is 11.4 Å². The van der Waals surface area contributed by atoms with E-state index in [4.69, 9.17) is 16.3 Å². The van der Waals surface area contributed by atoms with E-state index in [1.54, 1.807) is 34.9 Å². The zero-order valence-electron chi connectivity index (χ0n) is 19.6. The van der Waals surface area contributed by atoms with Crippen LogP contribution in [0.2, 0.25) is 5.02 Å². The molecule has 2 amide bonds. The average molecular weight is 547 g/mol. The maximum atomic E-state index is 12.7. The number of aliphatic hydroxyl groups is 1. The zero-order valence-corrected chi connectivity index (χ0v) is 21.2. The van der Waals surface area contributed by atoms with Crippen LogP contribution in [0.1, 0.15) is 22.2 Å². The number of nitro benzene ring substituents is 1. The van der Waals surface area contributed by atoms with Crippen molar-refractivity contribution in [3.05, 3.63) is 81.6 Å². The molecule has 3 rings (SSSR count). The summed E-state index contributed by atoms with van der Waals surface area (Å²) >= 11 is 7.08. The smallest absolute Gasteiger partial charge is 0.271 e. The van der Waals surface area contributed by atoms with Gasteiger partial charge in [-0.3, -0.25) is 19.7 Å². The lowest BCUT2D eigenvalue weighted by Gasteiger charge is -2.17. The van der Waals surface area contributed by atoms with Crippen LogP contribution in [0.5, 0.6) is 5.75 Å². The lowest BCUT2D eigenvalue weighted by atomic mass is 10.2. The maximum absolute atomic E-state index is 12.7. The molecule has 1 heterocycles. The number of nitrogens with zero attached hydrogens (tertiary/aromatic N) is 4. The fourth-order valence-electron chi connectivity index (χ4n) is 3.18. The molecule has 12 nitrogen and oxygen atoms in total. The summed E-state index contributed by atoms with van der Waals surface area (Å²) < 4.78 is 6.70. The third-order valence-electron chi connectivity index (χ3n) is 4.98. The number of aliphatic hydroxyl groups excluding tert-OH is 1. The Bertz CT molecular complexity index is 1300. The summed E-state index contributed by atoms with van der Waals surface area (Å²) in [6.07, 6.45) is 1.58. The summed E-state index contributed by atoms with van der Waals surface area (Å²) in [5.74, 6) is -0.157. The Balaban J connectivity index is 1.71. The molecule has 14 heteroatoms. The van der Waals surface area contributed by atoms with Gasteiger partial charge in [0, 0.05) is 24.2 Å². The van der Waals surface area contributed by atoms with Crippen molar-refractivity contribution in [3.8, 4) is 5.75 Å². The van der Waals surface area contributed by atoms with Crippen LogP contribution in [0, 0.1) is 10.1 Å². The number of allylic oxidation sites excluding steroid dienone is 1. The number of ether oxygens (including phenoxy) is 1. The Morgan fingerprint density at radius 2 is 2.03 bits per heavy atom. The summed E-state index contributed by atoms with van der Waals surface area (Å²) in [7, 11) is 1.52. The number of nitrogens with one attached hydrogen (secondary N) is 2. The molecule has 0 spiro atoms. The van der Waals surface area contributed by atoms with E-state index in [1.807, 2.05) is 0 Å². The molecule has 0 aliphatic carbocycles. The molecule has 0 aliphatic rings. The van der Waals surface area contributed by atoms with E-state index in [-0.39, 0.29) is 34.5 Å². The van der Waals surface area contributed by atoms with E-state index in [2.05, 4.69) is 27.4 Å². The minimum absolute atomic E-state index is 0.108. The van der Waals surface area contributed by atoms with Crippen LogP contribution in [0.15, 0.2) is 60.3 Å². The van der Waals surface area contributed by atoms with Crippen molar-refractivity contribution in [2.45, 2.75) is 17.7 Å². The van der Waals surface area contributed by atoms with Gasteiger partial charge in [-0.2, -0.15) is 0 Å². The van der Waals surface area contributed by atoms with Crippen molar-refractivity contribution in [1.29, 1.82) is 0 Å². The summed E-state index contributed by atoms with van der Waals surface area (Å²) in [6.45, 7) is 3.51. The van der Waals surface area contributed by atoms with Crippen LogP contribution in [-0.4, -0.2) is 56.1 Å². The van der Waals surface area contributed by atoms with Gasteiger partial charge < -0.3 is 25.0 Å². The van der Waals surface area contributed by atoms with E-state index in [1.165, 1.54) is 25.3 Å². The third kappa shape index (κ3) is 7.06. The lowest BCUT2D eigenvalue weighted by molar-refractivity contribution is -0.384. The molecule has 3 N–H and O–H groups in total. The zero-order chi connectivity index (χ0) is 26.9. The van der Waals surface area contributed by atoms with Gasteiger partial charge in [-0.25, -0.2) is 0 Å². The normalized spacial score (nSPS) is 11.4. The highest BCUT2D eigenvalue weighted by molar-refractivity contribution is 7.99. The van der Waals surface area contributed by atoms with Crippen molar-refractivity contribution in [3.63, 3.8) is 0 Å². The molecule has 0 fully saturated rings. The van der Waals surface area contributed by atoms with Crippen LogP contribution < -0.4 is 15.4 Å². The van der Waals surface area contributed by atoms with E-state index >= 15 is 0 Å². The second-order valence-electron chi connectivity index (χ2n) is 7.44. The minimum Gasteiger partial charge on any atom is -0.497 e. The number of amides is 2. The number of carbonyl (C=O) groups excluding carboxylic acids is 2. The van der Waals surface area contributed by atoms with Gasteiger partial charge >= 0.3 is 0 Å². The third-order valence-corrected chi connectivity index (χ3v) is 6.27. The highest BCUT2D eigenvalue weighted by atomic mass is 35.5. The van der Waals surface area contributed by atoms with Gasteiger partial charge in [-0.05, 0) is 30.3 Å². The maximum Gasteiger partial charge on any atom is 0.271 e. The number of nitro groups is 1. The molecule has 0 radical (unpaired) electrons. The summed E-state index contributed by atoms with van der Waals surface area (Å²) in [5.41, 5.74) is 0.255. The van der Waals surface area contributed by atoms with E-state index in [0.29, 0.717) is 16.5 Å². The average Bonchev–Trinajstić information content (AvgIpc) is 3.29. The molecule has 1 atom stereocenters. The molecule has 194 valence electrons. The van der Waals surface area contributed by atoms with Crippen molar-refractivity contribution < 1.29 is 24.4 Å². The molecule has 3 aromatic rings. The number of rotatable bonds is 12. The van der Waals surface area contributed by atoms with Gasteiger partial charge in [0.05, 0.1) is 35.1 Å². The van der Waals surface area contributed by atoms with E-state index in [0.717, 1.165) is 11.8 Å². The SMILES string of the molecule is C=CCn1c(SCC(=O)Nc2cc([N+](=O)[O-])ccc2Cl)nnc1C(CO)NC(=O)c1ccc(OC)cc1. The molecule has 0 saturated heterocycles. The number of non-ortho nitro benzene ring substituents is 1. The monoisotopic (exact) mass is 546 g/mol. The number of aromatic nitrogens is 3. The standard InChI is InChI=1S/C23H23ClN6O6S/c1-3-10-29-21(19(12-31)26-22(33)14-4-7-16(36-2)8-5-14)27-28-23(29)37-13-20(32)25-18-11-15(30(34)35)6-9-17(18)24/h3-9,11,19,31H,1,10,12-13H2,2H3,(H,25,32)(H,26,33). The van der Waals surface area contributed by atoms with Gasteiger partial charge in [0.15, 0.2) is 11.0 Å². The first-order valence-corrected chi connectivity index (χ1v) is 12.1. The first-order chi connectivity index (χ1) is 17.8. The number of thioether (sulfide) groups is 1. The molecule has 0 bridgehead atoms. The number of carbonyl (C=O) groups is 2. The number of hydrogen-bond acceptors (Lipinski definition) is 9. The Morgan fingerprint density at radius 1 is 1.30 bits per heavy atom. The highest BCUT2D eigenvalue weighted by Crippen LogP contribution is 2.27. The van der Waals surface area contributed by atoms with Gasteiger partial charge in [-0.15, -0.1) is 16.8 Å². The molecule has 0 saturated carbocycles. The number of hydrogen-bond donors (Lipinski definition) is 3. The summed E-state index contributed by atoms with van der Waals surface area (Å²) in [6, 6.07) is 9.30. The Kier molecular flexibility index (Phi) is 9.60. The second-order valence-corrected chi connectivity index (χ2v) is 8.78. The van der Waals surface area contributed by atoms with Crippen LogP contribution in [0.25, 0.3) is 0 Å². The molecule has 37 heavy (non-hydrogen) atoms. The van der Waals surface area contributed by atoms with Gasteiger partial charge in [-0.1, -0.05) is 29.4 Å². The quantitative estimate of drug-likeness (QED) is 0.134. The van der Waals surface area contributed by atoms with Crippen LogP contribution >= 0.6 is 23.4 Å². The van der Waals surface area contributed by atoms with Gasteiger partial charge in [0.1, 0.15) is 11.8 Å². The number of benzene rings is 2. The van der Waals surface area contributed by atoms with Gasteiger partial charge in [0.25, 0.3) is 11.6 Å². The Morgan fingerprint density at radius 3 is 2.65 bits per heavy atom. The molecular formula is C23H23ClN6O6S. The summed E-state index contributed by atoms with van der Waals surface area (Å²) in [4.78, 5) is 35.6. The van der Waals surface area contributed by atoms with Crippen LogP contribution in [-0.2, 0) is 11.3 Å². The molecule has 1 unspecified atom stereocenters. The molecule has 1 aromatic heterocycles. The Hall–Kier alpha value is -3.94. The largest absolute Gasteiger partial charge is 0.497 e. The van der Waals surface area contributed by atoms with Crippen molar-refractivity contribution in [2.24, 2.45) is 0 Å². The topological polar surface area (TPSA) is 162 Å². The van der Waals surface area contributed by atoms with Crippen LogP contribution in [0.3, 0.4) is 0 Å². The molecule has 0 aliphatic heterocycles. The minimum atomic E-state index is -0.881. The van der Waals surface area contributed by atoms with Gasteiger partial charge in [0.2, 0.25) is 5.91 Å². The fourth-order valence-corrected chi connectivity index (χ4v) is 4.10. The predicted octanol–water partition coefficient (Wildman–Crippen LogP) is 3.23. The van der Waals surface area contributed by atoms with E-state index < -0.39 is 29.4 Å². The lowest BCUT2D eigenvalue weighted by Crippen LogP contribution is -2.33. The predicted molar refractivity (Wildman–Crippen MR) is 138 cm³/mol. The number of anilines is 1. The first kappa shape index (κ1) is 27.6. The van der Waals surface area contributed by atoms with Crippen molar-refractivity contribution in [2.75, 3.05) is 24.8 Å². The Labute approximate surface area is 220 Å². The van der Waals surface area contributed by atoms with Crippen molar-refractivity contribution in [1.82, 2.24) is 20.1 Å². The summed E-state index contributed by atoms with van der Waals surface area (Å²) in [5, 5.41) is 34.9. The first-order valence-electron chi connectivity index (χ1n) is 10.7. The number of methoxy groups -OCH3 is 1. The molecule has 2 aromatic carbocycles. The second kappa shape index (κ2) is 12.9. The fraction of sp³-hybridized carbons (Fsp3) is 0.217. The highest BCUT2D eigenvalue weighted by Gasteiger charge is 2.23.